The molecule has 0 spiro atoms. The van der Waals surface area contributed by atoms with Gasteiger partial charge < -0.3 is 4.74 Å². The third-order valence-electron chi connectivity index (χ3n) is 3.34. The van der Waals surface area contributed by atoms with Crippen molar-refractivity contribution in [3.05, 3.63) is 33.8 Å². The second-order valence-corrected chi connectivity index (χ2v) is 5.26. The Balaban J connectivity index is 2.28. The van der Waals surface area contributed by atoms with E-state index in [2.05, 4.69) is 0 Å². The molecule has 0 N–H and O–H groups in total. The molecule has 1 saturated heterocycles. The van der Waals surface area contributed by atoms with Gasteiger partial charge in [0, 0.05) is 16.5 Å². The van der Waals surface area contributed by atoms with E-state index in [9.17, 15) is 4.79 Å². The van der Waals surface area contributed by atoms with Gasteiger partial charge in [-0.25, -0.2) is 0 Å². The van der Waals surface area contributed by atoms with E-state index in [1.165, 1.54) is 0 Å². The van der Waals surface area contributed by atoms with Gasteiger partial charge in [-0.05, 0) is 50.5 Å². The summed E-state index contributed by atoms with van der Waals surface area (Å²) in [5.74, 6) is 0.191. The van der Waals surface area contributed by atoms with Gasteiger partial charge in [0.2, 0.25) is 0 Å². The van der Waals surface area contributed by atoms with Crippen LogP contribution < -0.4 is 0 Å². The van der Waals surface area contributed by atoms with E-state index in [1.807, 2.05) is 32.9 Å². The first-order valence-corrected chi connectivity index (χ1v) is 6.29. The number of Topliss-reactive ketones (excluding diaryl/α,β-unsaturated/α-hetero) is 1. The fourth-order valence-electron chi connectivity index (χ4n) is 2.27. The summed E-state index contributed by atoms with van der Waals surface area (Å²) in [6.45, 7) is 6.40. The average molecular weight is 253 g/mol. The van der Waals surface area contributed by atoms with Crippen molar-refractivity contribution in [2.45, 2.75) is 33.3 Å². The standard InChI is InChI=1S/C14H17ClO2/c1-8-5-13(15)9(2)4-12(8)14(16)11-6-10(3)17-7-11/h4-5,10-11H,6-7H2,1-3H3. The third kappa shape index (κ3) is 2.53. The molecule has 0 bridgehead atoms. The topological polar surface area (TPSA) is 26.3 Å². The van der Waals surface area contributed by atoms with Crippen LogP contribution in [-0.2, 0) is 4.74 Å². The monoisotopic (exact) mass is 252 g/mol. The van der Waals surface area contributed by atoms with Gasteiger partial charge >= 0.3 is 0 Å². The van der Waals surface area contributed by atoms with E-state index >= 15 is 0 Å². The summed E-state index contributed by atoms with van der Waals surface area (Å²) in [4.78, 5) is 12.4. The number of hydrogen-bond donors (Lipinski definition) is 0. The van der Waals surface area contributed by atoms with Gasteiger partial charge in [-0.2, -0.15) is 0 Å². The smallest absolute Gasteiger partial charge is 0.168 e. The van der Waals surface area contributed by atoms with Gasteiger partial charge in [0.05, 0.1) is 12.7 Å². The quantitative estimate of drug-likeness (QED) is 0.753. The molecule has 92 valence electrons. The number of halogens is 1. The Morgan fingerprint density at radius 3 is 2.65 bits per heavy atom. The first kappa shape index (κ1) is 12.6. The number of benzene rings is 1. The van der Waals surface area contributed by atoms with Crippen molar-refractivity contribution < 1.29 is 9.53 Å². The van der Waals surface area contributed by atoms with Gasteiger partial charge in [-0.15, -0.1) is 0 Å². The Morgan fingerprint density at radius 1 is 1.35 bits per heavy atom. The Bertz CT molecular complexity index is 454. The summed E-state index contributed by atoms with van der Waals surface area (Å²) in [6.07, 6.45) is 1.01. The molecule has 3 heteroatoms. The Hall–Kier alpha value is -0.860. The predicted octanol–water partition coefficient (Wildman–Crippen LogP) is 3.56. The number of ketones is 1. The molecule has 0 amide bonds. The van der Waals surface area contributed by atoms with E-state index in [0.29, 0.717) is 6.61 Å². The predicted molar refractivity (Wildman–Crippen MR) is 68.8 cm³/mol. The lowest BCUT2D eigenvalue weighted by Gasteiger charge is -2.11. The van der Waals surface area contributed by atoms with Crippen LogP contribution in [0.3, 0.4) is 0 Å². The minimum absolute atomic E-state index is 0.00396. The second-order valence-electron chi connectivity index (χ2n) is 4.86. The number of hydrogen-bond acceptors (Lipinski definition) is 2. The minimum atomic E-state index is 0.00396. The highest BCUT2D eigenvalue weighted by Gasteiger charge is 2.29. The summed E-state index contributed by atoms with van der Waals surface area (Å²) in [5, 5.41) is 0.718. The number of carbonyl (C=O) groups is 1. The molecule has 2 atom stereocenters. The maximum absolute atomic E-state index is 12.4. The van der Waals surface area contributed by atoms with E-state index in [0.717, 1.165) is 28.1 Å². The van der Waals surface area contributed by atoms with Gasteiger partial charge in [-0.3, -0.25) is 4.79 Å². The summed E-state index contributed by atoms with van der Waals surface area (Å²) in [6, 6.07) is 3.76. The molecule has 1 aliphatic rings. The van der Waals surface area contributed by atoms with Crippen molar-refractivity contribution in [3.63, 3.8) is 0 Å². The summed E-state index contributed by atoms with van der Waals surface area (Å²) < 4.78 is 5.45. The van der Waals surface area contributed by atoms with Crippen LogP contribution in [0.2, 0.25) is 5.02 Å². The molecule has 2 nitrogen and oxygen atoms in total. The Labute approximate surface area is 107 Å². The first-order valence-electron chi connectivity index (χ1n) is 5.91. The van der Waals surface area contributed by atoms with Crippen molar-refractivity contribution >= 4 is 17.4 Å². The molecule has 1 aromatic carbocycles. The van der Waals surface area contributed by atoms with Gasteiger partial charge in [0.25, 0.3) is 0 Å². The second kappa shape index (κ2) is 4.79. The van der Waals surface area contributed by atoms with E-state index < -0.39 is 0 Å². The third-order valence-corrected chi connectivity index (χ3v) is 3.75. The molecule has 2 unspecified atom stereocenters. The molecular weight excluding hydrogens is 236 g/mol. The lowest BCUT2D eigenvalue weighted by molar-refractivity contribution is 0.0877. The maximum Gasteiger partial charge on any atom is 0.168 e. The van der Waals surface area contributed by atoms with Crippen LogP contribution in [0.4, 0.5) is 0 Å². The SMILES string of the molecule is Cc1cc(C(=O)C2COC(C)C2)c(C)cc1Cl. The molecule has 1 heterocycles. The van der Waals surface area contributed by atoms with Crippen LogP contribution in [0.1, 0.15) is 34.8 Å². The largest absolute Gasteiger partial charge is 0.378 e. The van der Waals surface area contributed by atoms with Gasteiger partial charge in [0.1, 0.15) is 0 Å². The van der Waals surface area contributed by atoms with Crippen LogP contribution >= 0.6 is 11.6 Å². The van der Waals surface area contributed by atoms with Crippen LogP contribution in [0.25, 0.3) is 0 Å². The van der Waals surface area contributed by atoms with E-state index in [-0.39, 0.29) is 17.8 Å². The zero-order valence-electron chi connectivity index (χ0n) is 10.4. The minimum Gasteiger partial charge on any atom is -0.378 e. The fourth-order valence-corrected chi connectivity index (χ4v) is 2.48. The number of ether oxygens (including phenoxy) is 1. The number of aryl methyl sites for hydroxylation is 2. The van der Waals surface area contributed by atoms with Crippen molar-refractivity contribution in [2.75, 3.05) is 6.61 Å². The Kier molecular flexibility index (Phi) is 3.55. The average Bonchev–Trinajstić information content (AvgIpc) is 2.69. The zero-order chi connectivity index (χ0) is 12.6. The van der Waals surface area contributed by atoms with Crippen molar-refractivity contribution in [1.29, 1.82) is 0 Å². The number of carbonyl (C=O) groups excluding carboxylic acids is 1. The van der Waals surface area contributed by atoms with Crippen LogP contribution in [0.15, 0.2) is 12.1 Å². The van der Waals surface area contributed by atoms with E-state index in [4.69, 9.17) is 16.3 Å². The molecule has 17 heavy (non-hydrogen) atoms. The summed E-state index contributed by atoms with van der Waals surface area (Å²) in [5.41, 5.74) is 2.69. The molecule has 1 aliphatic heterocycles. The van der Waals surface area contributed by atoms with Crippen molar-refractivity contribution in [1.82, 2.24) is 0 Å². The highest BCUT2D eigenvalue weighted by atomic mass is 35.5. The lowest BCUT2D eigenvalue weighted by atomic mass is 9.92. The van der Waals surface area contributed by atoms with Crippen molar-refractivity contribution in [2.24, 2.45) is 5.92 Å². The molecule has 1 aromatic rings. The highest BCUT2D eigenvalue weighted by molar-refractivity contribution is 6.31. The zero-order valence-corrected chi connectivity index (χ0v) is 11.2. The summed E-state index contributed by atoms with van der Waals surface area (Å²) in [7, 11) is 0. The molecular formula is C14H17ClO2. The van der Waals surface area contributed by atoms with Gasteiger partial charge in [-0.1, -0.05) is 11.6 Å². The van der Waals surface area contributed by atoms with Crippen LogP contribution in [-0.4, -0.2) is 18.5 Å². The van der Waals surface area contributed by atoms with Crippen LogP contribution in [0.5, 0.6) is 0 Å². The maximum atomic E-state index is 12.4. The molecule has 1 fully saturated rings. The summed E-state index contributed by atoms with van der Waals surface area (Å²) >= 11 is 6.04. The molecule has 2 rings (SSSR count). The van der Waals surface area contributed by atoms with Crippen LogP contribution in [0, 0.1) is 19.8 Å². The normalized spacial score (nSPS) is 24.0. The number of rotatable bonds is 2. The Morgan fingerprint density at radius 2 is 2.06 bits per heavy atom. The van der Waals surface area contributed by atoms with Crippen molar-refractivity contribution in [3.8, 4) is 0 Å². The highest BCUT2D eigenvalue weighted by Crippen LogP contribution is 2.27. The molecule has 0 aliphatic carbocycles. The molecule has 0 radical (unpaired) electrons. The fraction of sp³-hybridized carbons (Fsp3) is 0.500. The van der Waals surface area contributed by atoms with Gasteiger partial charge in [0.15, 0.2) is 5.78 Å². The lowest BCUT2D eigenvalue weighted by Crippen LogP contribution is -2.16. The molecule has 0 aromatic heterocycles. The molecule has 0 saturated carbocycles. The first-order chi connectivity index (χ1) is 7.99. The van der Waals surface area contributed by atoms with E-state index in [1.54, 1.807) is 0 Å².